The first-order chi connectivity index (χ1) is 10.3. The Hall–Kier alpha value is -2.81. The van der Waals surface area contributed by atoms with E-state index < -0.39 is 0 Å². The number of nitrogens with one attached hydrogen (secondary N) is 1. The topological polar surface area (TPSA) is 80.1 Å². The standard InChI is InChI=1S/C15H16N4O2/c1-3-20-13-6-5-11(9-14(13)21-4-2)18-15-17-8-7-12(10-16)19-15/h5-9H,3-4H2,1-2H3,(H,17,18,19). The van der Waals surface area contributed by atoms with Gasteiger partial charge in [-0.05, 0) is 32.0 Å². The van der Waals surface area contributed by atoms with E-state index in [2.05, 4.69) is 15.3 Å². The average molecular weight is 284 g/mol. The number of aromatic nitrogens is 2. The fraction of sp³-hybridized carbons (Fsp3) is 0.267. The molecule has 2 rings (SSSR count). The molecule has 6 nitrogen and oxygen atoms in total. The number of anilines is 2. The minimum atomic E-state index is 0.309. The maximum atomic E-state index is 8.83. The number of hydrogen-bond donors (Lipinski definition) is 1. The van der Waals surface area contributed by atoms with E-state index in [-0.39, 0.29) is 0 Å². The second-order valence-corrected chi connectivity index (χ2v) is 4.03. The smallest absolute Gasteiger partial charge is 0.228 e. The van der Waals surface area contributed by atoms with Gasteiger partial charge >= 0.3 is 0 Å². The SMILES string of the molecule is CCOc1ccc(Nc2nccc(C#N)n2)cc1OCC. The summed E-state index contributed by atoms with van der Waals surface area (Å²) in [5, 5.41) is 11.9. The minimum absolute atomic E-state index is 0.309. The first-order valence-corrected chi connectivity index (χ1v) is 6.66. The highest BCUT2D eigenvalue weighted by atomic mass is 16.5. The molecule has 6 heteroatoms. The van der Waals surface area contributed by atoms with Crippen molar-refractivity contribution in [3.8, 4) is 17.6 Å². The molecule has 0 radical (unpaired) electrons. The molecule has 0 fully saturated rings. The third-order valence-electron chi connectivity index (χ3n) is 2.57. The van der Waals surface area contributed by atoms with Crippen molar-refractivity contribution in [2.75, 3.05) is 18.5 Å². The van der Waals surface area contributed by atoms with Gasteiger partial charge in [-0.25, -0.2) is 9.97 Å². The molecule has 1 aromatic carbocycles. The molecule has 1 aromatic heterocycles. The van der Waals surface area contributed by atoms with Crippen LogP contribution in [0.15, 0.2) is 30.5 Å². The third-order valence-corrected chi connectivity index (χ3v) is 2.57. The van der Waals surface area contributed by atoms with E-state index in [1.165, 1.54) is 6.20 Å². The van der Waals surface area contributed by atoms with Crippen molar-refractivity contribution < 1.29 is 9.47 Å². The fourth-order valence-corrected chi connectivity index (χ4v) is 1.74. The number of rotatable bonds is 6. The van der Waals surface area contributed by atoms with Gasteiger partial charge in [0.2, 0.25) is 5.95 Å². The highest BCUT2D eigenvalue weighted by Crippen LogP contribution is 2.31. The van der Waals surface area contributed by atoms with Crippen LogP contribution in [0.3, 0.4) is 0 Å². The molecule has 0 bridgehead atoms. The zero-order valence-corrected chi connectivity index (χ0v) is 12.0. The lowest BCUT2D eigenvalue weighted by atomic mass is 10.2. The predicted molar refractivity (Wildman–Crippen MR) is 78.8 cm³/mol. The van der Waals surface area contributed by atoms with Crippen LogP contribution in [0.2, 0.25) is 0 Å². The molecule has 0 atom stereocenters. The lowest BCUT2D eigenvalue weighted by molar-refractivity contribution is 0.288. The first-order valence-electron chi connectivity index (χ1n) is 6.66. The van der Waals surface area contributed by atoms with Crippen LogP contribution in [0.5, 0.6) is 11.5 Å². The van der Waals surface area contributed by atoms with Crippen molar-refractivity contribution in [1.82, 2.24) is 9.97 Å². The molecule has 108 valence electrons. The Kier molecular flexibility index (Phi) is 4.94. The van der Waals surface area contributed by atoms with Gasteiger partial charge in [-0.15, -0.1) is 0 Å². The molecule has 0 aliphatic rings. The van der Waals surface area contributed by atoms with Crippen molar-refractivity contribution in [2.45, 2.75) is 13.8 Å². The minimum Gasteiger partial charge on any atom is -0.490 e. The number of hydrogen-bond acceptors (Lipinski definition) is 6. The van der Waals surface area contributed by atoms with Gasteiger partial charge in [0, 0.05) is 18.0 Å². The van der Waals surface area contributed by atoms with E-state index in [0.29, 0.717) is 36.4 Å². The number of benzene rings is 1. The van der Waals surface area contributed by atoms with Gasteiger partial charge in [0.25, 0.3) is 0 Å². The van der Waals surface area contributed by atoms with Gasteiger partial charge in [-0.1, -0.05) is 0 Å². The number of ether oxygens (including phenoxy) is 2. The Morgan fingerprint density at radius 3 is 2.62 bits per heavy atom. The molecule has 21 heavy (non-hydrogen) atoms. The second-order valence-electron chi connectivity index (χ2n) is 4.03. The van der Waals surface area contributed by atoms with E-state index in [9.17, 15) is 0 Å². The summed E-state index contributed by atoms with van der Waals surface area (Å²) in [5.41, 5.74) is 1.07. The van der Waals surface area contributed by atoms with Crippen LogP contribution >= 0.6 is 0 Å². The highest BCUT2D eigenvalue weighted by Gasteiger charge is 2.07. The van der Waals surface area contributed by atoms with E-state index in [0.717, 1.165) is 5.69 Å². The molecule has 0 aliphatic heterocycles. The fourth-order valence-electron chi connectivity index (χ4n) is 1.74. The summed E-state index contributed by atoms with van der Waals surface area (Å²) in [6.45, 7) is 4.95. The summed E-state index contributed by atoms with van der Waals surface area (Å²) in [4.78, 5) is 8.14. The summed E-state index contributed by atoms with van der Waals surface area (Å²) >= 11 is 0. The lowest BCUT2D eigenvalue weighted by Gasteiger charge is -2.12. The van der Waals surface area contributed by atoms with Crippen LogP contribution in [-0.2, 0) is 0 Å². The molecule has 0 amide bonds. The summed E-state index contributed by atoms with van der Waals surface area (Å²) < 4.78 is 11.1. The Labute approximate surface area is 123 Å². The lowest BCUT2D eigenvalue weighted by Crippen LogP contribution is -2.01. The Morgan fingerprint density at radius 2 is 1.90 bits per heavy atom. The van der Waals surface area contributed by atoms with Crippen LogP contribution in [-0.4, -0.2) is 23.2 Å². The maximum Gasteiger partial charge on any atom is 0.228 e. The van der Waals surface area contributed by atoms with Crippen molar-refractivity contribution >= 4 is 11.6 Å². The number of nitriles is 1. The van der Waals surface area contributed by atoms with E-state index in [1.54, 1.807) is 6.07 Å². The monoisotopic (exact) mass is 284 g/mol. The van der Waals surface area contributed by atoms with E-state index >= 15 is 0 Å². The molecule has 1 heterocycles. The molecular weight excluding hydrogens is 268 g/mol. The van der Waals surface area contributed by atoms with E-state index in [4.69, 9.17) is 14.7 Å². The Bertz CT molecular complexity index is 652. The van der Waals surface area contributed by atoms with Crippen LogP contribution < -0.4 is 14.8 Å². The van der Waals surface area contributed by atoms with Gasteiger partial charge < -0.3 is 14.8 Å². The molecule has 0 unspecified atom stereocenters. The van der Waals surface area contributed by atoms with Crippen molar-refractivity contribution in [3.05, 3.63) is 36.2 Å². The van der Waals surface area contributed by atoms with Crippen molar-refractivity contribution in [2.24, 2.45) is 0 Å². The highest BCUT2D eigenvalue weighted by molar-refractivity contribution is 5.59. The van der Waals surface area contributed by atoms with Crippen LogP contribution in [0, 0.1) is 11.3 Å². The van der Waals surface area contributed by atoms with Gasteiger partial charge in [0.1, 0.15) is 11.8 Å². The van der Waals surface area contributed by atoms with Gasteiger partial charge in [0.05, 0.1) is 13.2 Å². The van der Waals surface area contributed by atoms with Crippen molar-refractivity contribution in [3.63, 3.8) is 0 Å². The third kappa shape index (κ3) is 3.83. The maximum absolute atomic E-state index is 8.83. The Morgan fingerprint density at radius 1 is 1.14 bits per heavy atom. The molecule has 0 spiro atoms. The molecule has 0 saturated heterocycles. The molecule has 1 N–H and O–H groups in total. The molecular formula is C15H16N4O2. The Balaban J connectivity index is 2.23. The van der Waals surface area contributed by atoms with E-state index in [1.807, 2.05) is 38.1 Å². The number of nitrogens with zero attached hydrogens (tertiary/aromatic N) is 3. The largest absolute Gasteiger partial charge is 0.490 e. The summed E-state index contributed by atoms with van der Waals surface area (Å²) in [6, 6.07) is 9.01. The van der Waals surface area contributed by atoms with Gasteiger partial charge in [-0.2, -0.15) is 5.26 Å². The van der Waals surface area contributed by atoms with Crippen molar-refractivity contribution in [1.29, 1.82) is 5.26 Å². The quantitative estimate of drug-likeness (QED) is 0.878. The summed E-state index contributed by atoms with van der Waals surface area (Å²) in [6.07, 6.45) is 1.53. The average Bonchev–Trinajstić information content (AvgIpc) is 2.50. The predicted octanol–water partition coefficient (Wildman–Crippen LogP) is 2.89. The zero-order chi connectivity index (χ0) is 15.1. The summed E-state index contributed by atoms with van der Waals surface area (Å²) in [7, 11) is 0. The molecule has 2 aromatic rings. The zero-order valence-electron chi connectivity index (χ0n) is 12.0. The summed E-state index contributed by atoms with van der Waals surface area (Å²) in [5.74, 6) is 1.71. The first kappa shape index (κ1) is 14.6. The normalized spacial score (nSPS) is 9.76. The molecule has 0 saturated carbocycles. The van der Waals surface area contributed by atoms with Crippen LogP contribution in [0.25, 0.3) is 0 Å². The van der Waals surface area contributed by atoms with Crippen LogP contribution in [0.4, 0.5) is 11.6 Å². The second kappa shape index (κ2) is 7.10. The molecule has 0 aliphatic carbocycles. The van der Waals surface area contributed by atoms with Gasteiger partial charge in [0.15, 0.2) is 11.5 Å². The van der Waals surface area contributed by atoms with Crippen LogP contribution in [0.1, 0.15) is 19.5 Å². The van der Waals surface area contributed by atoms with Gasteiger partial charge in [-0.3, -0.25) is 0 Å².